The number of pyridine rings is 1. The molecule has 1 heterocycles. The standard InChI is InChI=1S/C6H4Br2N2O2/c1-3-2-4(10(11)12)6(8)9-5(3)7/h2H,1H3. The Balaban J connectivity index is 3.33. The number of hydrogen-bond acceptors (Lipinski definition) is 3. The highest BCUT2D eigenvalue weighted by molar-refractivity contribution is 9.11. The summed E-state index contributed by atoms with van der Waals surface area (Å²) in [6.07, 6.45) is 0. The maximum Gasteiger partial charge on any atom is 0.302 e. The molecule has 0 aromatic carbocycles. The van der Waals surface area contributed by atoms with Gasteiger partial charge in [-0.25, -0.2) is 4.98 Å². The average molecular weight is 296 g/mol. The monoisotopic (exact) mass is 294 g/mol. The maximum atomic E-state index is 10.4. The van der Waals surface area contributed by atoms with Gasteiger partial charge < -0.3 is 0 Å². The van der Waals surface area contributed by atoms with Crippen LogP contribution in [0.5, 0.6) is 0 Å². The number of rotatable bonds is 1. The second-order valence-electron chi connectivity index (χ2n) is 2.16. The molecule has 64 valence electrons. The Kier molecular flexibility index (Phi) is 2.79. The van der Waals surface area contributed by atoms with Crippen LogP contribution in [0.25, 0.3) is 0 Å². The lowest BCUT2D eigenvalue weighted by atomic mass is 10.3. The molecular formula is C6H4Br2N2O2. The fourth-order valence-electron chi connectivity index (χ4n) is 0.684. The van der Waals surface area contributed by atoms with Gasteiger partial charge in [0.1, 0.15) is 4.60 Å². The highest BCUT2D eigenvalue weighted by Gasteiger charge is 2.14. The minimum atomic E-state index is -0.476. The van der Waals surface area contributed by atoms with E-state index in [2.05, 4.69) is 36.8 Å². The van der Waals surface area contributed by atoms with Gasteiger partial charge in [0.15, 0.2) is 4.60 Å². The van der Waals surface area contributed by atoms with E-state index in [1.807, 2.05) is 0 Å². The number of aryl methyl sites for hydroxylation is 1. The van der Waals surface area contributed by atoms with Crippen molar-refractivity contribution in [2.75, 3.05) is 0 Å². The molecule has 0 fully saturated rings. The van der Waals surface area contributed by atoms with E-state index in [1.54, 1.807) is 6.92 Å². The van der Waals surface area contributed by atoms with Crippen molar-refractivity contribution >= 4 is 37.5 Å². The van der Waals surface area contributed by atoms with Crippen LogP contribution in [0.4, 0.5) is 5.69 Å². The summed E-state index contributed by atoms with van der Waals surface area (Å²) >= 11 is 6.16. The Morgan fingerprint density at radius 1 is 1.50 bits per heavy atom. The van der Waals surface area contributed by atoms with Crippen molar-refractivity contribution in [3.05, 3.63) is 31.0 Å². The first-order chi connectivity index (χ1) is 5.52. The van der Waals surface area contributed by atoms with E-state index in [1.165, 1.54) is 6.07 Å². The van der Waals surface area contributed by atoms with E-state index in [4.69, 9.17) is 0 Å². The fraction of sp³-hybridized carbons (Fsp3) is 0.167. The van der Waals surface area contributed by atoms with Crippen LogP contribution in [0.3, 0.4) is 0 Å². The second kappa shape index (κ2) is 3.49. The third kappa shape index (κ3) is 1.81. The van der Waals surface area contributed by atoms with Crippen LogP contribution in [0, 0.1) is 17.0 Å². The molecule has 0 aliphatic carbocycles. The lowest BCUT2D eigenvalue weighted by molar-refractivity contribution is -0.386. The zero-order valence-electron chi connectivity index (χ0n) is 6.04. The van der Waals surface area contributed by atoms with Crippen LogP contribution in [0.2, 0.25) is 0 Å². The summed E-state index contributed by atoms with van der Waals surface area (Å²) in [5.41, 5.74) is 0.723. The Bertz CT molecular complexity index is 341. The van der Waals surface area contributed by atoms with Gasteiger partial charge in [0, 0.05) is 6.07 Å². The highest BCUT2D eigenvalue weighted by atomic mass is 79.9. The summed E-state index contributed by atoms with van der Waals surface area (Å²) < 4.78 is 0.852. The molecule has 0 aliphatic rings. The first-order valence-electron chi connectivity index (χ1n) is 2.99. The van der Waals surface area contributed by atoms with Crippen LogP contribution in [-0.4, -0.2) is 9.91 Å². The van der Waals surface area contributed by atoms with E-state index in [9.17, 15) is 10.1 Å². The molecule has 0 spiro atoms. The lowest BCUT2D eigenvalue weighted by Crippen LogP contribution is -1.93. The van der Waals surface area contributed by atoms with Crippen molar-refractivity contribution in [1.29, 1.82) is 0 Å². The molecule has 0 N–H and O–H groups in total. The normalized spacial score (nSPS) is 9.92. The van der Waals surface area contributed by atoms with Crippen molar-refractivity contribution < 1.29 is 4.92 Å². The molecule has 0 saturated carbocycles. The minimum Gasteiger partial charge on any atom is -0.258 e. The van der Waals surface area contributed by atoms with Gasteiger partial charge in [-0.05, 0) is 44.3 Å². The topological polar surface area (TPSA) is 56.0 Å². The molecule has 0 unspecified atom stereocenters. The summed E-state index contributed by atoms with van der Waals surface area (Å²) in [5, 5.41) is 10.4. The van der Waals surface area contributed by atoms with Gasteiger partial charge in [-0.3, -0.25) is 10.1 Å². The molecule has 1 aromatic rings. The van der Waals surface area contributed by atoms with Crippen molar-refractivity contribution in [3.63, 3.8) is 0 Å². The molecule has 0 amide bonds. The van der Waals surface area contributed by atoms with Gasteiger partial charge in [-0.15, -0.1) is 0 Å². The Morgan fingerprint density at radius 3 is 2.58 bits per heavy atom. The molecule has 0 atom stereocenters. The summed E-state index contributed by atoms with van der Waals surface area (Å²) in [6.45, 7) is 1.75. The second-order valence-corrected chi connectivity index (χ2v) is 3.67. The molecule has 1 rings (SSSR count). The smallest absolute Gasteiger partial charge is 0.258 e. The van der Waals surface area contributed by atoms with Gasteiger partial charge >= 0.3 is 5.69 Å². The quantitative estimate of drug-likeness (QED) is 0.455. The van der Waals surface area contributed by atoms with Gasteiger partial charge in [-0.1, -0.05) is 0 Å². The predicted molar refractivity (Wildman–Crippen MR) is 51.0 cm³/mol. The molecule has 12 heavy (non-hydrogen) atoms. The summed E-state index contributed by atoms with van der Waals surface area (Å²) in [5.74, 6) is 0. The SMILES string of the molecule is Cc1cc([N+](=O)[O-])c(Br)nc1Br. The van der Waals surface area contributed by atoms with Crippen molar-refractivity contribution in [2.45, 2.75) is 6.92 Å². The van der Waals surface area contributed by atoms with Gasteiger partial charge in [-0.2, -0.15) is 0 Å². The number of nitrogens with zero attached hydrogens (tertiary/aromatic N) is 2. The maximum absolute atomic E-state index is 10.4. The highest BCUT2D eigenvalue weighted by Crippen LogP contribution is 2.27. The number of halogens is 2. The lowest BCUT2D eigenvalue weighted by Gasteiger charge is -1.98. The third-order valence-corrected chi connectivity index (χ3v) is 2.67. The molecule has 6 heteroatoms. The van der Waals surface area contributed by atoms with Crippen LogP contribution in [0.15, 0.2) is 15.3 Å². The van der Waals surface area contributed by atoms with Crippen molar-refractivity contribution in [2.24, 2.45) is 0 Å². The average Bonchev–Trinajstić information content (AvgIpc) is 1.96. The van der Waals surface area contributed by atoms with E-state index in [0.717, 1.165) is 5.56 Å². The summed E-state index contributed by atoms with van der Waals surface area (Å²) in [7, 11) is 0. The molecule has 0 aliphatic heterocycles. The predicted octanol–water partition coefficient (Wildman–Crippen LogP) is 2.82. The number of aromatic nitrogens is 1. The van der Waals surface area contributed by atoms with Gasteiger partial charge in [0.2, 0.25) is 0 Å². The van der Waals surface area contributed by atoms with Crippen LogP contribution >= 0.6 is 31.9 Å². The van der Waals surface area contributed by atoms with E-state index >= 15 is 0 Å². The molecule has 0 radical (unpaired) electrons. The van der Waals surface area contributed by atoms with Crippen LogP contribution < -0.4 is 0 Å². The largest absolute Gasteiger partial charge is 0.302 e. The van der Waals surface area contributed by atoms with E-state index in [-0.39, 0.29) is 10.3 Å². The van der Waals surface area contributed by atoms with E-state index in [0.29, 0.717) is 4.60 Å². The Labute approximate surface area is 85.4 Å². The summed E-state index contributed by atoms with van der Waals surface area (Å²) in [4.78, 5) is 13.8. The fourth-order valence-corrected chi connectivity index (χ4v) is 1.65. The Morgan fingerprint density at radius 2 is 2.08 bits per heavy atom. The van der Waals surface area contributed by atoms with Gasteiger partial charge in [0.25, 0.3) is 0 Å². The number of nitro groups is 1. The summed E-state index contributed by atoms with van der Waals surface area (Å²) in [6, 6.07) is 1.46. The zero-order valence-corrected chi connectivity index (χ0v) is 9.22. The zero-order chi connectivity index (χ0) is 9.30. The molecule has 1 aromatic heterocycles. The van der Waals surface area contributed by atoms with Crippen molar-refractivity contribution in [3.8, 4) is 0 Å². The minimum absolute atomic E-state index is 0.0179. The first-order valence-corrected chi connectivity index (χ1v) is 4.58. The third-order valence-electron chi connectivity index (χ3n) is 1.28. The van der Waals surface area contributed by atoms with Crippen molar-refractivity contribution in [1.82, 2.24) is 4.98 Å². The van der Waals surface area contributed by atoms with Crippen LogP contribution in [-0.2, 0) is 0 Å². The molecule has 0 saturated heterocycles. The first kappa shape index (κ1) is 9.60. The molecule has 4 nitrogen and oxygen atoms in total. The van der Waals surface area contributed by atoms with Gasteiger partial charge in [0.05, 0.1) is 4.92 Å². The van der Waals surface area contributed by atoms with E-state index < -0.39 is 4.92 Å². The Hall–Kier alpha value is -0.490. The van der Waals surface area contributed by atoms with Crippen LogP contribution in [0.1, 0.15) is 5.56 Å². The molecule has 0 bridgehead atoms. The molecular weight excluding hydrogens is 292 g/mol. The number of hydrogen-bond donors (Lipinski definition) is 0.